The molecule has 4 N–H and O–H groups in total. The summed E-state index contributed by atoms with van der Waals surface area (Å²) in [6, 6.07) is -1.49. The van der Waals surface area contributed by atoms with Crippen LogP contribution in [0.5, 0.6) is 0 Å². The number of carboxylic acids is 1. The molecular formula is C54H90NO9P. The number of rotatable bonds is 46. The molecule has 0 saturated carbocycles. The Bertz CT molecular complexity index is 1440. The number of hydrogen-bond acceptors (Lipinski definition) is 8. The van der Waals surface area contributed by atoms with Gasteiger partial charge in [0.2, 0.25) is 0 Å². The van der Waals surface area contributed by atoms with Gasteiger partial charge in [-0.1, -0.05) is 187 Å². The zero-order valence-electron chi connectivity index (χ0n) is 40.5. The quantitative estimate of drug-likeness (QED) is 0.0233. The third kappa shape index (κ3) is 48.4. The molecule has 65 heavy (non-hydrogen) atoms. The third-order valence-electron chi connectivity index (χ3n) is 10.0. The topological polar surface area (TPSA) is 155 Å². The van der Waals surface area contributed by atoms with Gasteiger partial charge in [0, 0.05) is 13.0 Å². The average Bonchev–Trinajstić information content (AvgIpc) is 3.29. The fourth-order valence-electron chi connectivity index (χ4n) is 6.27. The standard InChI is InChI=1S/C54H90NO9P/c1-3-5-7-9-11-13-15-17-19-21-23-25-27-29-31-33-35-37-39-41-43-45-47-61-48-51(49-62-65(59,60)63-50-52(55)54(57)58)64-53(56)46-44-42-40-38-36-34-32-30-28-26-24-22-20-18-16-14-12-10-8-6-4-2/h5-8,11-14,17-20,23-26,30,32,51-52H,3-4,9-10,15-16,21-22,27-29,31,33-50,55H2,1-2H3,(H,57,58)(H,59,60)/b7-5-,8-6-,13-11-,14-12-,19-17-,20-18-,25-23-,26-24-,32-30-. The van der Waals surface area contributed by atoms with Gasteiger partial charge in [0.05, 0.1) is 19.8 Å². The van der Waals surface area contributed by atoms with Crippen LogP contribution in [0.4, 0.5) is 0 Å². The molecule has 370 valence electrons. The van der Waals surface area contributed by atoms with Crippen molar-refractivity contribution in [1.29, 1.82) is 0 Å². The van der Waals surface area contributed by atoms with Gasteiger partial charge in [-0.25, -0.2) is 4.57 Å². The summed E-state index contributed by atoms with van der Waals surface area (Å²) in [7, 11) is -4.64. The van der Waals surface area contributed by atoms with E-state index in [2.05, 4.69) is 123 Å². The van der Waals surface area contributed by atoms with Gasteiger partial charge in [0.1, 0.15) is 12.1 Å². The first kappa shape index (κ1) is 61.6. The van der Waals surface area contributed by atoms with E-state index in [4.69, 9.17) is 29.4 Å². The van der Waals surface area contributed by atoms with Crippen molar-refractivity contribution in [3.05, 3.63) is 109 Å². The Morgan fingerprint density at radius 3 is 1.26 bits per heavy atom. The molecule has 11 heteroatoms. The summed E-state index contributed by atoms with van der Waals surface area (Å²) in [6.07, 6.45) is 65.7. The summed E-state index contributed by atoms with van der Waals surface area (Å²) in [4.78, 5) is 33.7. The van der Waals surface area contributed by atoms with E-state index in [1.807, 2.05) is 0 Å². The number of aliphatic carboxylic acids is 1. The second-order valence-corrected chi connectivity index (χ2v) is 17.6. The Morgan fingerprint density at radius 1 is 0.492 bits per heavy atom. The molecule has 0 rings (SSSR count). The van der Waals surface area contributed by atoms with Crippen molar-refractivity contribution < 1.29 is 42.7 Å². The van der Waals surface area contributed by atoms with E-state index in [0.29, 0.717) is 13.0 Å². The van der Waals surface area contributed by atoms with E-state index >= 15 is 0 Å². The highest BCUT2D eigenvalue weighted by molar-refractivity contribution is 7.47. The Kier molecular flexibility index (Phi) is 46.0. The minimum absolute atomic E-state index is 0.00288. The smallest absolute Gasteiger partial charge is 0.472 e. The van der Waals surface area contributed by atoms with Crippen molar-refractivity contribution in [2.45, 2.75) is 193 Å². The SMILES string of the molecule is CC/C=C\C/C=C\C/C=C\C/C=C\C/C=C\CCCCCCCC(=O)OC(COCCCCCCCCCCC/C=C\C/C=C\C/C=C\C/C=C\CC)COP(=O)(O)OCC(N)C(=O)O. The number of phosphoric acid groups is 1. The lowest BCUT2D eigenvalue weighted by Crippen LogP contribution is -2.34. The largest absolute Gasteiger partial charge is 0.480 e. The lowest BCUT2D eigenvalue weighted by atomic mass is 10.1. The fraction of sp³-hybridized carbons (Fsp3) is 0.630. The number of carboxylic acid groups (broad SMARTS) is 1. The van der Waals surface area contributed by atoms with E-state index in [1.165, 1.54) is 38.5 Å². The summed E-state index contributed by atoms with van der Waals surface area (Å²) in [5.74, 6) is -1.81. The number of carbonyl (C=O) groups excluding carboxylic acids is 1. The lowest BCUT2D eigenvalue weighted by Gasteiger charge is -2.20. The number of carbonyl (C=O) groups is 2. The number of phosphoric ester groups is 1. The molecule has 0 aromatic rings. The third-order valence-corrected chi connectivity index (χ3v) is 11.0. The molecule has 0 spiro atoms. The number of nitrogens with two attached hydrogens (primary N) is 1. The van der Waals surface area contributed by atoms with Crippen molar-refractivity contribution >= 4 is 19.8 Å². The average molecular weight is 928 g/mol. The highest BCUT2D eigenvalue weighted by atomic mass is 31.2. The molecule has 0 aliphatic heterocycles. The summed E-state index contributed by atoms with van der Waals surface area (Å²) < 4.78 is 33.5. The van der Waals surface area contributed by atoms with Crippen LogP contribution in [0.1, 0.15) is 181 Å². The molecule has 0 aromatic carbocycles. The van der Waals surface area contributed by atoms with Crippen LogP contribution < -0.4 is 5.73 Å². The Hall–Kier alpha value is -3.37. The Morgan fingerprint density at radius 2 is 0.846 bits per heavy atom. The van der Waals surface area contributed by atoms with Crippen LogP contribution in [-0.2, 0) is 32.7 Å². The van der Waals surface area contributed by atoms with Crippen LogP contribution in [0.2, 0.25) is 0 Å². The normalized spacial score (nSPS) is 14.6. The first-order chi connectivity index (χ1) is 31.7. The Balaban J connectivity index is 4.24. The van der Waals surface area contributed by atoms with Crippen molar-refractivity contribution in [1.82, 2.24) is 0 Å². The molecule has 3 atom stereocenters. The number of esters is 1. The zero-order valence-corrected chi connectivity index (χ0v) is 41.4. The lowest BCUT2D eigenvalue weighted by molar-refractivity contribution is -0.154. The van der Waals surface area contributed by atoms with E-state index in [-0.39, 0.29) is 13.0 Å². The molecule has 0 radical (unpaired) electrons. The summed E-state index contributed by atoms with van der Waals surface area (Å²) in [5.41, 5.74) is 5.37. The van der Waals surface area contributed by atoms with Crippen molar-refractivity contribution in [3.63, 3.8) is 0 Å². The molecule has 0 aliphatic rings. The molecule has 0 heterocycles. The van der Waals surface area contributed by atoms with Gasteiger partial charge in [0.15, 0.2) is 0 Å². The fourth-order valence-corrected chi connectivity index (χ4v) is 7.05. The maximum Gasteiger partial charge on any atom is 0.472 e. The van der Waals surface area contributed by atoms with Gasteiger partial charge < -0.3 is 25.2 Å². The minimum Gasteiger partial charge on any atom is -0.480 e. The predicted octanol–water partition coefficient (Wildman–Crippen LogP) is 14.6. The second kappa shape index (κ2) is 48.6. The maximum atomic E-state index is 12.7. The molecule has 0 saturated heterocycles. The minimum atomic E-state index is -4.64. The van der Waals surface area contributed by atoms with Gasteiger partial charge in [-0.05, 0) is 96.3 Å². The van der Waals surface area contributed by atoms with Crippen LogP contribution >= 0.6 is 7.82 Å². The molecular weight excluding hydrogens is 838 g/mol. The van der Waals surface area contributed by atoms with E-state index in [9.17, 15) is 19.0 Å². The summed E-state index contributed by atoms with van der Waals surface area (Å²) in [6.45, 7) is 3.60. The van der Waals surface area contributed by atoms with Crippen LogP contribution in [-0.4, -0.2) is 60.5 Å². The van der Waals surface area contributed by atoms with E-state index < -0.39 is 45.1 Å². The van der Waals surface area contributed by atoms with Crippen molar-refractivity contribution in [2.24, 2.45) is 5.73 Å². The molecule has 3 unspecified atom stereocenters. The van der Waals surface area contributed by atoms with E-state index in [1.54, 1.807) is 0 Å². The summed E-state index contributed by atoms with van der Waals surface area (Å²) >= 11 is 0. The van der Waals surface area contributed by atoms with Gasteiger partial charge in [0.25, 0.3) is 0 Å². The van der Waals surface area contributed by atoms with Crippen molar-refractivity contribution in [3.8, 4) is 0 Å². The molecule has 0 amide bonds. The van der Waals surface area contributed by atoms with Gasteiger partial charge in [-0.15, -0.1) is 0 Å². The van der Waals surface area contributed by atoms with Gasteiger partial charge in [-0.3, -0.25) is 18.6 Å². The van der Waals surface area contributed by atoms with E-state index in [0.717, 1.165) is 116 Å². The van der Waals surface area contributed by atoms with Crippen molar-refractivity contribution in [2.75, 3.05) is 26.4 Å². The first-order valence-electron chi connectivity index (χ1n) is 24.9. The second-order valence-electron chi connectivity index (χ2n) is 16.2. The maximum absolute atomic E-state index is 12.7. The number of unbranched alkanes of at least 4 members (excludes halogenated alkanes) is 14. The highest BCUT2D eigenvalue weighted by Crippen LogP contribution is 2.43. The monoisotopic (exact) mass is 928 g/mol. The first-order valence-corrected chi connectivity index (χ1v) is 26.4. The zero-order chi connectivity index (χ0) is 47.6. The number of ether oxygens (including phenoxy) is 2. The number of allylic oxidation sites excluding steroid dienone is 18. The predicted molar refractivity (Wildman–Crippen MR) is 272 cm³/mol. The van der Waals surface area contributed by atoms with Crippen LogP contribution in [0, 0.1) is 0 Å². The van der Waals surface area contributed by atoms with Crippen LogP contribution in [0.25, 0.3) is 0 Å². The molecule has 0 aliphatic carbocycles. The van der Waals surface area contributed by atoms with Gasteiger partial charge >= 0.3 is 19.8 Å². The highest BCUT2D eigenvalue weighted by Gasteiger charge is 2.27. The molecule has 0 aromatic heterocycles. The van der Waals surface area contributed by atoms with Crippen LogP contribution in [0.15, 0.2) is 109 Å². The number of hydrogen-bond donors (Lipinski definition) is 3. The Labute approximate surface area is 395 Å². The molecule has 10 nitrogen and oxygen atoms in total. The summed E-state index contributed by atoms with van der Waals surface area (Å²) in [5, 5.41) is 8.93. The molecule has 0 bridgehead atoms. The van der Waals surface area contributed by atoms with Gasteiger partial charge in [-0.2, -0.15) is 0 Å². The molecule has 0 fully saturated rings. The van der Waals surface area contributed by atoms with Crippen LogP contribution in [0.3, 0.4) is 0 Å².